The molecule has 0 spiro atoms. The van der Waals surface area contributed by atoms with Gasteiger partial charge in [-0.05, 0) is 6.92 Å². The van der Waals surface area contributed by atoms with Crippen LogP contribution in [0.4, 0.5) is 0 Å². The lowest BCUT2D eigenvalue weighted by Crippen LogP contribution is -2.07. The van der Waals surface area contributed by atoms with Crippen LogP contribution >= 0.6 is 0 Å². The van der Waals surface area contributed by atoms with Gasteiger partial charge in [-0.3, -0.25) is 4.79 Å². The summed E-state index contributed by atoms with van der Waals surface area (Å²) in [5.41, 5.74) is 0. The van der Waals surface area contributed by atoms with Crippen molar-refractivity contribution in [2.75, 3.05) is 0 Å². The van der Waals surface area contributed by atoms with Crippen LogP contribution in [0.15, 0.2) is 0 Å². The van der Waals surface area contributed by atoms with Gasteiger partial charge in [0.1, 0.15) is 0 Å². The van der Waals surface area contributed by atoms with E-state index in [9.17, 15) is 4.79 Å². The van der Waals surface area contributed by atoms with Gasteiger partial charge in [0.25, 0.3) is 6.47 Å². The summed E-state index contributed by atoms with van der Waals surface area (Å²) in [5.74, 6) is 0. The molecule has 0 amide bonds. The van der Waals surface area contributed by atoms with Crippen molar-refractivity contribution in [1.82, 2.24) is 0 Å². The van der Waals surface area contributed by atoms with E-state index in [2.05, 4.69) is 11.7 Å². The van der Waals surface area contributed by atoms with Crippen LogP contribution in [-0.4, -0.2) is 17.9 Å². The van der Waals surface area contributed by atoms with Crippen LogP contribution in [0.2, 0.25) is 0 Å². The Hall–Kier alpha value is -0.570. The first-order valence-corrected chi connectivity index (χ1v) is 1.87. The highest BCUT2D eigenvalue weighted by Gasteiger charge is 1.94. The highest BCUT2D eigenvalue weighted by Crippen LogP contribution is 1.86. The smallest absolute Gasteiger partial charge is 0.295 e. The molecular formula is C4H7O3. The van der Waals surface area contributed by atoms with Gasteiger partial charge < -0.3 is 9.84 Å². The number of hydrogen-bond donors (Lipinski definition) is 1. The number of hydrogen-bond acceptors (Lipinski definition) is 3. The fourth-order valence-corrected chi connectivity index (χ4v) is 0.132. The largest absolute Gasteiger partial charge is 0.438 e. The average molecular weight is 103 g/mol. The third-order valence-electron chi connectivity index (χ3n) is 0.460. The zero-order chi connectivity index (χ0) is 5.70. The molecule has 41 valence electrons. The van der Waals surface area contributed by atoms with E-state index in [4.69, 9.17) is 5.11 Å². The van der Waals surface area contributed by atoms with Gasteiger partial charge in [-0.25, -0.2) is 0 Å². The molecule has 0 saturated heterocycles. The second-order valence-corrected chi connectivity index (χ2v) is 0.976. The Morgan fingerprint density at radius 3 is 2.71 bits per heavy atom. The number of rotatable bonds is 3. The van der Waals surface area contributed by atoms with E-state index in [1.54, 1.807) is 0 Å². The van der Waals surface area contributed by atoms with Gasteiger partial charge in [-0.2, -0.15) is 0 Å². The fourth-order valence-electron chi connectivity index (χ4n) is 0.132. The monoisotopic (exact) mass is 103 g/mol. The lowest BCUT2D eigenvalue weighted by Gasteiger charge is -2.00. The molecule has 0 aliphatic carbocycles. The minimum absolute atomic E-state index is 0.190. The molecule has 3 nitrogen and oxygen atoms in total. The van der Waals surface area contributed by atoms with Crippen LogP contribution in [0, 0.1) is 6.92 Å². The van der Waals surface area contributed by atoms with Crippen LogP contribution in [0.5, 0.6) is 0 Å². The molecule has 1 N–H and O–H groups in total. The number of carbonyl (C=O) groups excluding carboxylic acids is 1. The van der Waals surface area contributed by atoms with Crippen LogP contribution < -0.4 is 0 Å². The molecular weight excluding hydrogens is 96.0 g/mol. The summed E-state index contributed by atoms with van der Waals surface area (Å²) in [6.07, 6.45) is -0.837. The summed E-state index contributed by atoms with van der Waals surface area (Å²) >= 11 is 0. The fraction of sp³-hybridized carbons (Fsp3) is 0.500. The molecule has 0 aliphatic heterocycles. The molecule has 1 unspecified atom stereocenters. The van der Waals surface area contributed by atoms with Gasteiger partial charge in [0.2, 0.25) is 0 Å². The molecule has 1 radical (unpaired) electrons. The normalized spacial score (nSPS) is 12.9. The first-order chi connectivity index (χ1) is 3.31. The van der Waals surface area contributed by atoms with Crippen molar-refractivity contribution in [2.24, 2.45) is 0 Å². The lowest BCUT2D eigenvalue weighted by atomic mass is 10.5. The second kappa shape index (κ2) is 3.61. The van der Waals surface area contributed by atoms with E-state index >= 15 is 0 Å². The zero-order valence-electron chi connectivity index (χ0n) is 3.83. The van der Waals surface area contributed by atoms with E-state index in [0.717, 1.165) is 0 Å². The number of aliphatic hydroxyl groups is 1. The molecule has 0 aromatic carbocycles. The molecule has 0 rings (SSSR count). The molecule has 1 atom stereocenters. The van der Waals surface area contributed by atoms with Gasteiger partial charge in [0.15, 0.2) is 6.29 Å². The Kier molecular flexibility index (Phi) is 3.32. The predicted octanol–water partition coefficient (Wildman–Crippen LogP) is -0.298. The van der Waals surface area contributed by atoms with E-state index in [1.165, 1.54) is 0 Å². The topological polar surface area (TPSA) is 46.5 Å². The summed E-state index contributed by atoms with van der Waals surface area (Å²) in [7, 11) is 0. The minimum Gasteiger partial charge on any atom is -0.438 e. The van der Waals surface area contributed by atoms with Crippen molar-refractivity contribution < 1.29 is 14.6 Å². The van der Waals surface area contributed by atoms with Gasteiger partial charge in [0, 0.05) is 6.42 Å². The molecule has 0 heterocycles. The standard InChI is InChI=1S/C4H7O3/c1-2-4(6)7-3-5/h3-4,6H,1-2H2. The van der Waals surface area contributed by atoms with E-state index in [-0.39, 0.29) is 12.9 Å². The molecule has 0 aromatic heterocycles. The van der Waals surface area contributed by atoms with Crippen LogP contribution in [-0.2, 0) is 9.53 Å². The Morgan fingerprint density at radius 1 is 2.00 bits per heavy atom. The molecule has 0 aromatic rings. The number of carbonyl (C=O) groups is 1. The van der Waals surface area contributed by atoms with Gasteiger partial charge in [-0.15, -0.1) is 0 Å². The molecule has 3 heteroatoms. The van der Waals surface area contributed by atoms with Crippen molar-refractivity contribution in [1.29, 1.82) is 0 Å². The molecule has 0 fully saturated rings. The molecule has 0 aliphatic rings. The Bertz CT molecular complexity index is 52.9. The molecule has 0 bridgehead atoms. The van der Waals surface area contributed by atoms with Crippen molar-refractivity contribution >= 4 is 6.47 Å². The third-order valence-corrected chi connectivity index (χ3v) is 0.460. The Morgan fingerprint density at radius 2 is 2.57 bits per heavy atom. The number of ether oxygens (including phenoxy) is 1. The third kappa shape index (κ3) is 3.26. The zero-order valence-corrected chi connectivity index (χ0v) is 3.83. The van der Waals surface area contributed by atoms with Crippen molar-refractivity contribution in [3.63, 3.8) is 0 Å². The second-order valence-electron chi connectivity index (χ2n) is 0.976. The van der Waals surface area contributed by atoms with E-state index in [0.29, 0.717) is 0 Å². The number of aliphatic hydroxyl groups excluding tert-OH is 1. The quantitative estimate of drug-likeness (QED) is 0.394. The first-order valence-electron chi connectivity index (χ1n) is 1.87. The summed E-state index contributed by atoms with van der Waals surface area (Å²) in [6.45, 7) is 3.46. The van der Waals surface area contributed by atoms with Crippen molar-refractivity contribution in [2.45, 2.75) is 12.7 Å². The van der Waals surface area contributed by atoms with Crippen molar-refractivity contribution in [3.05, 3.63) is 6.92 Å². The van der Waals surface area contributed by atoms with Crippen LogP contribution in [0.25, 0.3) is 0 Å². The summed E-state index contributed by atoms with van der Waals surface area (Å²) in [4.78, 5) is 9.36. The average Bonchev–Trinajstić information content (AvgIpc) is 1.68. The summed E-state index contributed by atoms with van der Waals surface area (Å²) in [5, 5.41) is 8.34. The van der Waals surface area contributed by atoms with Crippen molar-refractivity contribution in [3.8, 4) is 0 Å². The minimum atomic E-state index is -1.03. The maximum Gasteiger partial charge on any atom is 0.295 e. The highest BCUT2D eigenvalue weighted by molar-refractivity contribution is 5.37. The molecule has 7 heavy (non-hydrogen) atoms. The first kappa shape index (κ1) is 6.43. The van der Waals surface area contributed by atoms with E-state index < -0.39 is 6.29 Å². The van der Waals surface area contributed by atoms with Gasteiger partial charge in [0.05, 0.1) is 0 Å². The Balaban J connectivity index is 2.98. The van der Waals surface area contributed by atoms with Crippen LogP contribution in [0.3, 0.4) is 0 Å². The predicted molar refractivity (Wildman–Crippen MR) is 23.1 cm³/mol. The summed E-state index contributed by atoms with van der Waals surface area (Å²) in [6, 6.07) is 0. The summed E-state index contributed by atoms with van der Waals surface area (Å²) < 4.78 is 4.00. The van der Waals surface area contributed by atoms with Gasteiger partial charge >= 0.3 is 0 Å². The maximum atomic E-state index is 9.36. The lowest BCUT2D eigenvalue weighted by molar-refractivity contribution is -0.150. The molecule has 0 saturated carbocycles. The van der Waals surface area contributed by atoms with Crippen LogP contribution in [0.1, 0.15) is 6.42 Å². The van der Waals surface area contributed by atoms with E-state index in [1.807, 2.05) is 0 Å². The highest BCUT2D eigenvalue weighted by atomic mass is 16.6. The SMILES string of the molecule is [CH2]CC(O)OC=O. The maximum absolute atomic E-state index is 9.36. The van der Waals surface area contributed by atoms with Gasteiger partial charge in [-0.1, -0.05) is 0 Å². The Labute approximate surface area is 41.9 Å².